The van der Waals surface area contributed by atoms with Crippen LogP contribution in [0, 0.1) is 0 Å². The summed E-state index contributed by atoms with van der Waals surface area (Å²) in [7, 11) is -1.40. The average molecular weight is 1080 g/mol. The van der Waals surface area contributed by atoms with Gasteiger partial charge in [-0.25, -0.2) is 9.59 Å². The Morgan fingerprint density at radius 3 is 1.62 bits per heavy atom. The summed E-state index contributed by atoms with van der Waals surface area (Å²) in [6.45, 7) is 9.21. The van der Waals surface area contributed by atoms with Crippen LogP contribution in [0.1, 0.15) is 37.3 Å². The molecule has 0 saturated carbocycles. The third-order valence-electron chi connectivity index (χ3n) is 11.3. The molecule has 4 aromatic carbocycles. The summed E-state index contributed by atoms with van der Waals surface area (Å²) in [5.74, 6) is -0.974. The summed E-state index contributed by atoms with van der Waals surface area (Å²) in [5.41, 5.74) is -0.627. The van der Waals surface area contributed by atoms with E-state index < -0.39 is 54.8 Å². The Balaban J connectivity index is 0.000000226. The number of hydrogen-bond acceptors (Lipinski definition) is 12. The van der Waals surface area contributed by atoms with E-state index in [2.05, 4.69) is 44.1 Å². The van der Waals surface area contributed by atoms with Gasteiger partial charge in [0.2, 0.25) is 0 Å². The summed E-state index contributed by atoms with van der Waals surface area (Å²) in [5, 5.41) is 9.09. The minimum Gasteiger partial charge on any atom is -0.425 e. The number of nitrogens with one attached hydrogen (secondary N) is 1. The van der Waals surface area contributed by atoms with Gasteiger partial charge in [-0.15, -0.1) is 26.3 Å². The van der Waals surface area contributed by atoms with Crippen LogP contribution >= 0.6 is 0 Å². The SMILES string of the molecule is CCCCn1c(=O)c2c(nc(Oc3cccc(OC(F)(F)F)c3)n2Cc2ccccc2)n(COCC[Si](C)(C)C)c1=O.O=c1[nH]c2nc(Oc3cccc(OC(F)(F)F)c3)n(Cc3ccccc3)c2c(=O)n1CCCO. The second-order valence-electron chi connectivity index (χ2n) is 18.4. The molecule has 4 aromatic heterocycles. The van der Waals surface area contributed by atoms with Gasteiger partial charge < -0.3 is 28.8 Å². The number of benzene rings is 4. The molecule has 25 heteroatoms. The zero-order valence-electron chi connectivity index (χ0n) is 41.7. The van der Waals surface area contributed by atoms with E-state index in [1.807, 2.05) is 55.5 Å². The van der Waals surface area contributed by atoms with Gasteiger partial charge in [-0.3, -0.25) is 37.4 Å². The lowest BCUT2D eigenvalue weighted by atomic mass is 10.2. The van der Waals surface area contributed by atoms with Crippen molar-refractivity contribution >= 4 is 30.4 Å². The van der Waals surface area contributed by atoms with Gasteiger partial charge in [0.05, 0.1) is 13.1 Å². The first-order valence-corrected chi connectivity index (χ1v) is 27.6. The van der Waals surface area contributed by atoms with Gasteiger partial charge in [-0.1, -0.05) is 106 Å². The van der Waals surface area contributed by atoms with Gasteiger partial charge in [0.1, 0.15) is 29.7 Å². The lowest BCUT2D eigenvalue weighted by molar-refractivity contribution is -0.275. The zero-order chi connectivity index (χ0) is 54.8. The number of ether oxygens (including phenoxy) is 5. The number of aliphatic hydroxyl groups is 1. The predicted molar refractivity (Wildman–Crippen MR) is 271 cm³/mol. The van der Waals surface area contributed by atoms with Crippen molar-refractivity contribution in [2.24, 2.45) is 0 Å². The first-order chi connectivity index (χ1) is 36.1. The molecule has 0 radical (unpaired) electrons. The number of rotatable bonds is 21. The van der Waals surface area contributed by atoms with E-state index in [1.54, 1.807) is 12.1 Å². The van der Waals surface area contributed by atoms with Crippen molar-refractivity contribution in [1.29, 1.82) is 0 Å². The number of nitrogens with zero attached hydrogens (tertiary/aromatic N) is 7. The van der Waals surface area contributed by atoms with Crippen LogP contribution in [0.2, 0.25) is 25.7 Å². The fourth-order valence-electron chi connectivity index (χ4n) is 7.65. The van der Waals surface area contributed by atoms with Crippen molar-refractivity contribution in [2.75, 3.05) is 13.2 Å². The summed E-state index contributed by atoms with van der Waals surface area (Å²) in [6, 6.07) is 28.9. The highest BCUT2D eigenvalue weighted by molar-refractivity contribution is 6.76. The standard InChI is InChI=1S/C29H35F3N4O5Si.C22H19F3N4O5/c1-5-6-15-34-26(37)24-25(36(28(34)38)20-39-16-17-42(2,3)4)33-27(35(24)19-21-11-8-7-9-12-21)40-22-13-10-14-23(18-22)41-29(30,31)32;23-22(24,25)34-16-9-4-8-15(12-16)33-21-27-18-17(29(21)13-14-6-2-1-3-7-14)19(31)28(10-5-11-30)20(32)26-18/h7-14,18H,5-6,15-17,19-20H2,1-4H3;1-4,6-9,12,30H,5,10-11,13H2,(H,26,32). The second-order valence-corrected chi connectivity index (χ2v) is 24.0. The van der Waals surface area contributed by atoms with Crippen molar-refractivity contribution < 1.29 is 55.1 Å². The van der Waals surface area contributed by atoms with Gasteiger partial charge in [-0.2, -0.15) is 9.97 Å². The lowest BCUT2D eigenvalue weighted by Crippen LogP contribution is -2.41. The molecule has 0 spiro atoms. The topological polar surface area (TPSA) is 201 Å². The molecule has 0 aliphatic carbocycles. The van der Waals surface area contributed by atoms with Crippen molar-refractivity contribution in [3.05, 3.63) is 162 Å². The molecule has 0 aliphatic heterocycles. The van der Waals surface area contributed by atoms with E-state index in [0.29, 0.717) is 13.0 Å². The van der Waals surface area contributed by atoms with Gasteiger partial charge in [0, 0.05) is 46.5 Å². The van der Waals surface area contributed by atoms with Crippen LogP contribution in [0.5, 0.6) is 35.0 Å². The Kier molecular flexibility index (Phi) is 17.8. The number of hydrogen-bond donors (Lipinski definition) is 2. The molecule has 0 bridgehead atoms. The van der Waals surface area contributed by atoms with Crippen molar-refractivity contribution in [3.63, 3.8) is 0 Å². The van der Waals surface area contributed by atoms with E-state index in [1.165, 1.54) is 42.5 Å². The Hall–Kier alpha value is -7.90. The molecule has 8 rings (SSSR count). The molecule has 0 atom stereocenters. The van der Waals surface area contributed by atoms with Crippen LogP contribution in [0.3, 0.4) is 0 Å². The molecule has 0 amide bonds. The van der Waals surface area contributed by atoms with E-state index >= 15 is 0 Å². The Labute approximate surface area is 429 Å². The molecule has 0 fully saturated rings. The normalized spacial score (nSPS) is 11.9. The van der Waals surface area contributed by atoms with Gasteiger partial charge in [-0.05, 0) is 54.3 Å². The minimum absolute atomic E-state index is 0.00737. The number of aromatic amines is 1. The minimum atomic E-state index is -4.88. The highest BCUT2D eigenvalue weighted by atomic mass is 28.3. The maximum Gasteiger partial charge on any atom is 0.573 e. The summed E-state index contributed by atoms with van der Waals surface area (Å²) >= 11 is 0. The molecule has 2 N–H and O–H groups in total. The van der Waals surface area contributed by atoms with Crippen LogP contribution in [0.25, 0.3) is 22.3 Å². The monoisotopic (exact) mass is 1080 g/mol. The molecule has 404 valence electrons. The Morgan fingerprint density at radius 1 is 0.605 bits per heavy atom. The molecular formula is C51H54F6N8O10Si. The quantitative estimate of drug-likeness (QED) is 0.0393. The summed E-state index contributed by atoms with van der Waals surface area (Å²) in [6.07, 6.45) is -8.19. The maximum atomic E-state index is 13.8. The van der Waals surface area contributed by atoms with Gasteiger partial charge in [0.15, 0.2) is 22.3 Å². The van der Waals surface area contributed by atoms with Crippen molar-refractivity contribution in [3.8, 4) is 35.0 Å². The van der Waals surface area contributed by atoms with E-state index in [0.717, 1.165) is 52.4 Å². The Morgan fingerprint density at radius 2 is 1.11 bits per heavy atom. The first kappa shape index (κ1) is 55.8. The van der Waals surface area contributed by atoms with Crippen LogP contribution < -0.4 is 41.4 Å². The molecular weight excluding hydrogens is 1030 g/mol. The van der Waals surface area contributed by atoms with Crippen LogP contribution in [-0.4, -0.2) is 76.9 Å². The molecule has 8 aromatic rings. The highest BCUT2D eigenvalue weighted by Crippen LogP contribution is 2.32. The molecule has 0 unspecified atom stereocenters. The number of imidazole rings is 2. The van der Waals surface area contributed by atoms with E-state index in [9.17, 15) is 45.5 Å². The number of aliphatic hydroxyl groups excluding tert-OH is 1. The van der Waals surface area contributed by atoms with E-state index in [-0.39, 0.29) is 91.8 Å². The number of H-pyrrole nitrogens is 1. The van der Waals surface area contributed by atoms with Gasteiger partial charge >= 0.3 is 36.1 Å². The molecule has 0 saturated heterocycles. The highest BCUT2D eigenvalue weighted by Gasteiger charge is 2.32. The first-order valence-electron chi connectivity index (χ1n) is 23.9. The smallest absolute Gasteiger partial charge is 0.425 e. The fourth-order valence-corrected chi connectivity index (χ4v) is 8.41. The third-order valence-corrected chi connectivity index (χ3v) is 13.0. The summed E-state index contributed by atoms with van der Waals surface area (Å²) in [4.78, 5) is 64.2. The molecule has 18 nitrogen and oxygen atoms in total. The zero-order valence-corrected chi connectivity index (χ0v) is 42.7. The number of halogens is 6. The fraction of sp³-hybridized carbons (Fsp3) is 0.333. The van der Waals surface area contributed by atoms with Crippen LogP contribution in [0.4, 0.5) is 26.3 Å². The third kappa shape index (κ3) is 14.7. The number of aromatic nitrogens is 8. The number of alkyl halides is 6. The maximum absolute atomic E-state index is 13.8. The summed E-state index contributed by atoms with van der Waals surface area (Å²) < 4.78 is 108. The number of fused-ring (bicyclic) bond motifs is 2. The number of unbranched alkanes of at least 4 members (excludes halogenated alkanes) is 1. The van der Waals surface area contributed by atoms with Crippen LogP contribution in [0.15, 0.2) is 128 Å². The van der Waals surface area contributed by atoms with Crippen molar-refractivity contribution in [1.82, 2.24) is 37.8 Å². The van der Waals surface area contributed by atoms with Crippen molar-refractivity contribution in [2.45, 2.75) is 97.5 Å². The largest absolute Gasteiger partial charge is 0.573 e. The molecule has 4 heterocycles. The van der Waals surface area contributed by atoms with E-state index in [4.69, 9.17) is 19.3 Å². The predicted octanol–water partition coefficient (Wildman–Crippen LogP) is 9.22. The Bertz CT molecular complexity index is 3500. The lowest BCUT2D eigenvalue weighted by Gasteiger charge is -2.16. The van der Waals surface area contributed by atoms with Gasteiger partial charge in [0.25, 0.3) is 11.1 Å². The van der Waals surface area contributed by atoms with Crippen LogP contribution in [-0.2, 0) is 37.6 Å². The second kappa shape index (κ2) is 24.2. The molecule has 76 heavy (non-hydrogen) atoms. The average Bonchev–Trinajstić information content (AvgIpc) is 3.90. The molecule has 0 aliphatic rings.